The van der Waals surface area contributed by atoms with Gasteiger partial charge in [-0.15, -0.1) is 6.42 Å². The maximum Gasteiger partial charge on any atom is 0.410 e. The number of hydrogen-bond acceptors (Lipinski definition) is 12. The van der Waals surface area contributed by atoms with Crippen LogP contribution in [0.25, 0.3) is 32.9 Å². The minimum absolute atomic E-state index is 0.00533. The predicted octanol–water partition coefficient (Wildman–Crippen LogP) is 6.85. The Balaban J connectivity index is 1.04. The van der Waals surface area contributed by atoms with Gasteiger partial charge in [-0.2, -0.15) is 9.97 Å². The van der Waals surface area contributed by atoms with Crippen molar-refractivity contribution in [2.75, 3.05) is 64.1 Å². The summed E-state index contributed by atoms with van der Waals surface area (Å²) in [5.74, 6) is 1.60. The van der Waals surface area contributed by atoms with Gasteiger partial charge in [0.15, 0.2) is 5.82 Å². The fourth-order valence-electron chi connectivity index (χ4n) is 10.8. The number of rotatable bonds is 6. The average Bonchev–Trinajstić information content (AvgIpc) is 3.89. The summed E-state index contributed by atoms with van der Waals surface area (Å²) in [6.45, 7) is 13.5. The molecule has 330 valence electrons. The molecule has 2 bridgehead atoms. The Morgan fingerprint density at radius 3 is 2.62 bits per heavy atom. The highest BCUT2D eigenvalue weighted by molar-refractivity contribution is 6.03. The third kappa shape index (κ3) is 7.22. The number of piperazine rings is 1. The van der Waals surface area contributed by atoms with E-state index < -0.39 is 22.8 Å². The van der Waals surface area contributed by atoms with Gasteiger partial charge in [0.25, 0.3) is 0 Å². The molecule has 2 amide bonds. The molecule has 6 aliphatic heterocycles. The minimum Gasteiger partial charge on any atom is -0.477 e. The Bertz CT molecular complexity index is 2570. The second kappa shape index (κ2) is 15.8. The van der Waals surface area contributed by atoms with E-state index in [-0.39, 0.29) is 95.8 Å². The maximum absolute atomic E-state index is 17.6. The van der Waals surface area contributed by atoms with Crippen molar-refractivity contribution >= 4 is 39.7 Å². The Hall–Kier alpha value is -5.79. The van der Waals surface area contributed by atoms with Crippen LogP contribution < -0.4 is 14.4 Å². The van der Waals surface area contributed by atoms with Gasteiger partial charge in [0.05, 0.1) is 49.0 Å². The van der Waals surface area contributed by atoms with Crippen molar-refractivity contribution in [3.05, 3.63) is 59.7 Å². The quantitative estimate of drug-likeness (QED) is 0.148. The monoisotopic (exact) mass is 863 g/mol. The molecule has 14 nitrogen and oxygen atoms in total. The third-order valence-corrected chi connectivity index (χ3v) is 13.5. The van der Waals surface area contributed by atoms with Crippen LogP contribution in [0.3, 0.4) is 0 Å². The number of anilines is 1. The molecular weight excluding hydrogens is 813 g/mol. The molecule has 0 saturated carbocycles. The van der Waals surface area contributed by atoms with E-state index in [2.05, 4.69) is 22.3 Å². The van der Waals surface area contributed by atoms with E-state index in [0.717, 1.165) is 31.3 Å². The van der Waals surface area contributed by atoms with Crippen molar-refractivity contribution < 1.29 is 42.1 Å². The number of terminal acetylenes is 1. The van der Waals surface area contributed by atoms with Gasteiger partial charge >= 0.3 is 18.2 Å². The van der Waals surface area contributed by atoms with E-state index in [0.29, 0.717) is 68.8 Å². The maximum atomic E-state index is 17.6. The molecule has 16 heteroatoms. The number of morpholine rings is 1. The smallest absolute Gasteiger partial charge is 0.410 e. The van der Waals surface area contributed by atoms with Crippen molar-refractivity contribution in [1.82, 2.24) is 29.7 Å². The molecule has 5 atom stereocenters. The number of ether oxygens (including phenoxy) is 5. The van der Waals surface area contributed by atoms with E-state index in [4.69, 9.17) is 45.1 Å². The molecule has 0 aliphatic carbocycles. The zero-order valence-corrected chi connectivity index (χ0v) is 35.8. The van der Waals surface area contributed by atoms with Gasteiger partial charge in [-0.25, -0.2) is 23.4 Å². The first-order chi connectivity index (χ1) is 30.3. The van der Waals surface area contributed by atoms with E-state index in [1.807, 2.05) is 25.7 Å². The summed E-state index contributed by atoms with van der Waals surface area (Å²) < 4.78 is 63.1. The Morgan fingerprint density at radius 1 is 1.00 bits per heavy atom. The van der Waals surface area contributed by atoms with Crippen LogP contribution in [0.2, 0.25) is 0 Å². The number of aromatic nitrogens is 3. The topological polar surface area (TPSA) is 132 Å². The Morgan fingerprint density at radius 2 is 1.83 bits per heavy atom. The van der Waals surface area contributed by atoms with Crippen molar-refractivity contribution in [1.29, 1.82) is 0 Å². The molecule has 63 heavy (non-hydrogen) atoms. The predicted molar refractivity (Wildman–Crippen MR) is 230 cm³/mol. The fraction of sp³-hybridized carbons (Fsp3) is 0.511. The number of fused-ring (bicyclic) bond motifs is 7. The number of carbonyl (C=O) groups is 2. The highest BCUT2D eigenvalue weighted by Crippen LogP contribution is 2.48. The highest BCUT2D eigenvalue weighted by Gasteiger charge is 2.53. The lowest BCUT2D eigenvalue weighted by atomic mass is 9.94. The molecule has 0 unspecified atom stereocenters. The number of benzene rings is 2. The van der Waals surface area contributed by atoms with Gasteiger partial charge in [-0.3, -0.25) is 9.80 Å². The number of nitrogens with zero attached hydrogens (tertiary/aromatic N) is 7. The summed E-state index contributed by atoms with van der Waals surface area (Å²) in [4.78, 5) is 49.3. The van der Waals surface area contributed by atoms with Crippen LogP contribution in [0.5, 0.6) is 11.9 Å². The van der Waals surface area contributed by atoms with E-state index in [1.54, 1.807) is 29.2 Å². The van der Waals surface area contributed by atoms with Crippen molar-refractivity contribution in [3.63, 3.8) is 0 Å². The van der Waals surface area contributed by atoms with Gasteiger partial charge in [0, 0.05) is 49.6 Å². The summed E-state index contributed by atoms with van der Waals surface area (Å²) in [7, 11) is 0. The number of halogens is 2. The molecule has 2 aromatic heterocycles. The van der Waals surface area contributed by atoms with Gasteiger partial charge in [0.2, 0.25) is 5.88 Å². The molecule has 0 spiro atoms. The first-order valence-corrected chi connectivity index (χ1v) is 21.9. The number of pyridine rings is 1. The van der Waals surface area contributed by atoms with Crippen LogP contribution in [0, 0.1) is 24.0 Å². The minimum atomic E-state index is -0.768. The summed E-state index contributed by atoms with van der Waals surface area (Å²) in [6, 6.07) is 7.35. The first kappa shape index (κ1) is 41.2. The van der Waals surface area contributed by atoms with E-state index in [9.17, 15) is 9.59 Å². The highest BCUT2D eigenvalue weighted by atomic mass is 19.1. The van der Waals surface area contributed by atoms with Gasteiger partial charge < -0.3 is 33.5 Å². The summed E-state index contributed by atoms with van der Waals surface area (Å²) in [6.07, 6.45) is 9.33. The molecule has 2 aromatic carbocycles. The molecule has 0 radical (unpaired) electrons. The number of hydrogen-bond donors (Lipinski definition) is 0. The second-order valence-corrected chi connectivity index (χ2v) is 18.6. The third-order valence-electron chi connectivity index (χ3n) is 13.5. The summed E-state index contributed by atoms with van der Waals surface area (Å²) in [5, 5.41) is 1.24. The zero-order chi connectivity index (χ0) is 43.8. The lowest BCUT2D eigenvalue weighted by molar-refractivity contribution is 0.00630. The van der Waals surface area contributed by atoms with Crippen LogP contribution in [-0.4, -0.2) is 136 Å². The largest absolute Gasteiger partial charge is 0.477 e. The first-order valence-electron chi connectivity index (χ1n) is 21.9. The SMILES string of the molecule is C#Cc1c(F)ccc2cccc(-c3nc4c5c(nc(OC[C@@]67CC[C@@H](COC(=O)N8CCOCC8)N6CC(=C)C7)nc5c3F)N3C[C@@H]5CC[C@H]([C@@H]3CCO4)N5C(=O)OC(C)(C)C)c12. The molecule has 10 rings (SSSR count). The lowest BCUT2D eigenvalue weighted by Crippen LogP contribution is -2.62. The van der Waals surface area contributed by atoms with E-state index in [1.165, 1.54) is 6.07 Å². The average molecular weight is 864 g/mol. The summed E-state index contributed by atoms with van der Waals surface area (Å²) >= 11 is 0. The molecular formula is C47H51F2N7O7. The molecule has 0 N–H and O–H groups in total. The molecule has 4 aromatic rings. The Kier molecular flexibility index (Phi) is 10.3. The molecule has 6 aliphatic rings. The number of carbonyl (C=O) groups excluding carboxylic acids is 2. The van der Waals surface area contributed by atoms with Crippen molar-refractivity contribution in [3.8, 4) is 35.5 Å². The van der Waals surface area contributed by atoms with Crippen LogP contribution in [0.1, 0.15) is 64.9 Å². The standard InChI is InChI=1S/C47H51F2N7O7/c1-6-31-33(48)12-10-28-8-7-9-32(36(28)31)39-38(49)40-37-41(54-24-29-11-13-35(34(54)15-19-60-42(37)50-39)56(29)45(58)63-46(3,4)5)52-43(51-40)62-26-47-16-14-30(55(47)23-27(2)22-47)25-61-44(57)53-17-20-59-21-18-53/h1,7-10,12,29-30,34-35H,2,11,13-26H2,3-5H3/t29-,30-,34-,35+,47-/m0/s1. The van der Waals surface area contributed by atoms with Crippen LogP contribution in [-0.2, 0) is 14.2 Å². The molecule has 5 fully saturated rings. The van der Waals surface area contributed by atoms with Gasteiger partial charge in [-0.1, -0.05) is 42.3 Å². The second-order valence-electron chi connectivity index (χ2n) is 18.6. The molecule has 8 heterocycles. The molecule has 5 saturated heterocycles. The van der Waals surface area contributed by atoms with Crippen molar-refractivity contribution in [2.45, 2.75) is 94.6 Å². The number of amides is 2. The van der Waals surface area contributed by atoms with E-state index >= 15 is 8.78 Å². The van der Waals surface area contributed by atoms with Gasteiger partial charge in [-0.05, 0) is 64.3 Å². The van der Waals surface area contributed by atoms with Crippen LogP contribution in [0.4, 0.5) is 24.2 Å². The summed E-state index contributed by atoms with van der Waals surface area (Å²) in [5.41, 5.74) is -0.00920. The van der Waals surface area contributed by atoms with Crippen molar-refractivity contribution in [2.24, 2.45) is 0 Å². The van der Waals surface area contributed by atoms with Crippen LogP contribution >= 0.6 is 0 Å². The Labute approximate surface area is 364 Å². The fourth-order valence-corrected chi connectivity index (χ4v) is 10.8. The van der Waals surface area contributed by atoms with Gasteiger partial charge in [0.1, 0.15) is 47.0 Å². The van der Waals surface area contributed by atoms with Crippen LogP contribution in [0.15, 0.2) is 42.5 Å². The lowest BCUT2D eigenvalue weighted by Gasteiger charge is -2.48. The zero-order valence-electron chi connectivity index (χ0n) is 35.8. The normalized spacial score (nSPS) is 25.6.